The Balaban J connectivity index is 2.03. The molecule has 2 rings (SSSR count). The number of amides is 1. The third-order valence-corrected chi connectivity index (χ3v) is 3.12. The van der Waals surface area contributed by atoms with Gasteiger partial charge in [0.1, 0.15) is 0 Å². The fraction of sp³-hybridized carbons (Fsp3) is 0.375. The zero-order valence-electron chi connectivity index (χ0n) is 12.8. The van der Waals surface area contributed by atoms with E-state index in [0.29, 0.717) is 12.1 Å². The number of carbonyl (C=O) groups is 1. The molecule has 5 heteroatoms. The van der Waals surface area contributed by atoms with Crippen molar-refractivity contribution >= 4 is 11.6 Å². The fourth-order valence-electron chi connectivity index (χ4n) is 2.10. The Morgan fingerprint density at radius 2 is 2.14 bits per heavy atom. The molecule has 21 heavy (non-hydrogen) atoms. The second kappa shape index (κ2) is 6.92. The molecule has 0 aliphatic carbocycles. The zero-order valence-corrected chi connectivity index (χ0v) is 12.8. The van der Waals surface area contributed by atoms with E-state index in [1.807, 2.05) is 48.9 Å². The third-order valence-electron chi connectivity index (χ3n) is 3.12. The molecule has 2 aromatic rings. The molecule has 5 nitrogen and oxygen atoms in total. The lowest BCUT2D eigenvalue weighted by molar-refractivity contribution is 0.0943. The molecular formula is C16H22N4O. The van der Waals surface area contributed by atoms with Gasteiger partial charge in [-0.3, -0.25) is 9.48 Å². The van der Waals surface area contributed by atoms with Crippen LogP contribution < -0.4 is 10.6 Å². The molecule has 1 heterocycles. The van der Waals surface area contributed by atoms with E-state index in [2.05, 4.69) is 22.7 Å². The van der Waals surface area contributed by atoms with Gasteiger partial charge >= 0.3 is 0 Å². The van der Waals surface area contributed by atoms with Crippen LogP contribution in [0, 0.1) is 0 Å². The SMILES string of the molecule is CCn1nccc1CNc1cccc(C(=O)NC(C)C)c1. The molecule has 2 N–H and O–H groups in total. The molecule has 0 atom stereocenters. The minimum absolute atomic E-state index is 0.0488. The largest absolute Gasteiger partial charge is 0.379 e. The van der Waals surface area contributed by atoms with Crippen molar-refractivity contribution in [3.8, 4) is 0 Å². The molecule has 1 aromatic carbocycles. The molecular weight excluding hydrogens is 264 g/mol. The zero-order chi connectivity index (χ0) is 15.2. The van der Waals surface area contributed by atoms with Crippen molar-refractivity contribution in [1.82, 2.24) is 15.1 Å². The Kier molecular flexibility index (Phi) is 4.98. The first kappa shape index (κ1) is 15.1. The van der Waals surface area contributed by atoms with E-state index in [4.69, 9.17) is 0 Å². The summed E-state index contributed by atoms with van der Waals surface area (Å²) in [6.07, 6.45) is 1.80. The lowest BCUT2D eigenvalue weighted by atomic mass is 10.1. The van der Waals surface area contributed by atoms with E-state index >= 15 is 0 Å². The standard InChI is InChI=1S/C16H22N4O/c1-4-20-15(8-9-18-20)11-17-14-7-5-6-13(10-14)16(21)19-12(2)3/h5-10,12,17H,4,11H2,1-3H3,(H,19,21). The van der Waals surface area contributed by atoms with Crippen molar-refractivity contribution in [2.24, 2.45) is 0 Å². The maximum atomic E-state index is 12.0. The molecule has 0 fully saturated rings. The molecule has 1 amide bonds. The minimum Gasteiger partial charge on any atom is -0.379 e. The molecule has 0 saturated heterocycles. The van der Waals surface area contributed by atoms with Crippen molar-refractivity contribution in [3.63, 3.8) is 0 Å². The summed E-state index contributed by atoms with van der Waals surface area (Å²) in [6, 6.07) is 9.65. The van der Waals surface area contributed by atoms with Crippen molar-refractivity contribution in [2.75, 3.05) is 5.32 Å². The van der Waals surface area contributed by atoms with Crippen LogP contribution in [0.3, 0.4) is 0 Å². The summed E-state index contributed by atoms with van der Waals surface area (Å²) in [5.41, 5.74) is 2.71. The van der Waals surface area contributed by atoms with Gasteiger partial charge in [-0.15, -0.1) is 0 Å². The van der Waals surface area contributed by atoms with E-state index < -0.39 is 0 Å². The average molecular weight is 286 g/mol. The number of hydrogen-bond donors (Lipinski definition) is 2. The predicted molar refractivity (Wildman–Crippen MR) is 84.3 cm³/mol. The Hall–Kier alpha value is -2.30. The Bertz CT molecular complexity index is 604. The third kappa shape index (κ3) is 4.08. The van der Waals surface area contributed by atoms with E-state index in [-0.39, 0.29) is 11.9 Å². The lowest BCUT2D eigenvalue weighted by Crippen LogP contribution is -2.30. The van der Waals surface area contributed by atoms with Crippen LogP contribution in [-0.2, 0) is 13.1 Å². The summed E-state index contributed by atoms with van der Waals surface area (Å²) < 4.78 is 1.95. The topological polar surface area (TPSA) is 59.0 Å². The number of aromatic nitrogens is 2. The van der Waals surface area contributed by atoms with Gasteiger partial charge < -0.3 is 10.6 Å². The molecule has 0 aliphatic heterocycles. The molecule has 1 aromatic heterocycles. The van der Waals surface area contributed by atoms with Gasteiger partial charge in [-0.2, -0.15) is 5.10 Å². The number of aryl methyl sites for hydroxylation is 1. The van der Waals surface area contributed by atoms with Gasteiger partial charge in [0.25, 0.3) is 5.91 Å². The second-order valence-corrected chi connectivity index (χ2v) is 5.20. The van der Waals surface area contributed by atoms with Gasteiger partial charge in [-0.05, 0) is 45.0 Å². The number of carbonyl (C=O) groups excluding carboxylic acids is 1. The summed E-state index contributed by atoms with van der Waals surface area (Å²) >= 11 is 0. The minimum atomic E-state index is -0.0488. The van der Waals surface area contributed by atoms with Crippen molar-refractivity contribution in [1.29, 1.82) is 0 Å². The molecule has 0 saturated carbocycles. The van der Waals surface area contributed by atoms with Crippen LogP contribution in [0.5, 0.6) is 0 Å². The highest BCUT2D eigenvalue weighted by Gasteiger charge is 2.07. The van der Waals surface area contributed by atoms with Gasteiger partial charge in [0.05, 0.1) is 12.2 Å². The van der Waals surface area contributed by atoms with E-state index in [9.17, 15) is 4.79 Å². The summed E-state index contributed by atoms with van der Waals surface area (Å²) in [5, 5.41) is 10.5. The quantitative estimate of drug-likeness (QED) is 0.858. The van der Waals surface area contributed by atoms with Gasteiger partial charge in [-0.1, -0.05) is 6.07 Å². The van der Waals surface area contributed by atoms with Gasteiger partial charge in [0.15, 0.2) is 0 Å². The summed E-state index contributed by atoms with van der Waals surface area (Å²) in [5.74, 6) is -0.0488. The van der Waals surface area contributed by atoms with Crippen LogP contribution in [0.25, 0.3) is 0 Å². The molecule has 0 unspecified atom stereocenters. The highest BCUT2D eigenvalue weighted by molar-refractivity contribution is 5.95. The lowest BCUT2D eigenvalue weighted by Gasteiger charge is -2.11. The van der Waals surface area contributed by atoms with E-state index in [0.717, 1.165) is 17.9 Å². The normalized spacial score (nSPS) is 10.7. The van der Waals surface area contributed by atoms with E-state index in [1.54, 1.807) is 6.20 Å². The first-order chi connectivity index (χ1) is 10.1. The number of benzene rings is 1. The van der Waals surface area contributed by atoms with Crippen molar-refractivity contribution in [2.45, 2.75) is 39.9 Å². The van der Waals surface area contributed by atoms with Crippen molar-refractivity contribution in [3.05, 3.63) is 47.8 Å². The van der Waals surface area contributed by atoms with E-state index in [1.165, 1.54) is 0 Å². The van der Waals surface area contributed by atoms with Crippen LogP contribution in [0.2, 0.25) is 0 Å². The Morgan fingerprint density at radius 1 is 1.33 bits per heavy atom. The summed E-state index contributed by atoms with van der Waals surface area (Å²) in [7, 11) is 0. The molecule has 0 spiro atoms. The van der Waals surface area contributed by atoms with Crippen molar-refractivity contribution < 1.29 is 4.79 Å². The number of nitrogens with zero attached hydrogens (tertiary/aromatic N) is 2. The average Bonchev–Trinajstić information content (AvgIpc) is 2.92. The number of rotatable bonds is 6. The molecule has 0 radical (unpaired) electrons. The number of anilines is 1. The van der Waals surface area contributed by atoms with Crippen LogP contribution >= 0.6 is 0 Å². The first-order valence-electron chi connectivity index (χ1n) is 7.25. The summed E-state index contributed by atoms with van der Waals surface area (Å²) in [6.45, 7) is 7.50. The summed E-state index contributed by atoms with van der Waals surface area (Å²) in [4.78, 5) is 12.0. The number of nitrogens with one attached hydrogen (secondary N) is 2. The Labute approximate surface area is 125 Å². The van der Waals surface area contributed by atoms with Crippen LogP contribution in [0.4, 0.5) is 5.69 Å². The van der Waals surface area contributed by atoms with Gasteiger partial charge in [-0.25, -0.2) is 0 Å². The smallest absolute Gasteiger partial charge is 0.251 e. The van der Waals surface area contributed by atoms with Gasteiger partial charge in [0, 0.05) is 30.0 Å². The fourth-order valence-corrected chi connectivity index (χ4v) is 2.10. The maximum absolute atomic E-state index is 12.0. The monoisotopic (exact) mass is 286 g/mol. The maximum Gasteiger partial charge on any atom is 0.251 e. The molecule has 0 aliphatic rings. The Morgan fingerprint density at radius 3 is 2.86 bits per heavy atom. The second-order valence-electron chi connectivity index (χ2n) is 5.20. The first-order valence-corrected chi connectivity index (χ1v) is 7.25. The molecule has 0 bridgehead atoms. The van der Waals surface area contributed by atoms with Gasteiger partial charge in [0.2, 0.25) is 0 Å². The highest BCUT2D eigenvalue weighted by atomic mass is 16.1. The number of hydrogen-bond acceptors (Lipinski definition) is 3. The van der Waals surface area contributed by atoms with Crippen LogP contribution in [0.15, 0.2) is 36.5 Å². The van der Waals surface area contributed by atoms with Crippen LogP contribution in [0.1, 0.15) is 36.8 Å². The predicted octanol–water partition coefficient (Wildman–Crippen LogP) is 2.65. The molecule has 112 valence electrons. The van der Waals surface area contributed by atoms with Crippen LogP contribution in [-0.4, -0.2) is 21.7 Å². The highest BCUT2D eigenvalue weighted by Crippen LogP contribution is 2.12.